The summed E-state index contributed by atoms with van der Waals surface area (Å²) in [5, 5.41) is 12.5. The normalized spacial score (nSPS) is 42.2. The number of hydrogen-bond donors (Lipinski definition) is 2. The molecule has 4 heteroatoms. The lowest BCUT2D eigenvalue weighted by Gasteiger charge is -2.22. The average molecular weight is 183 g/mol. The summed E-state index contributed by atoms with van der Waals surface area (Å²) in [6.45, 7) is 1.92. The summed E-state index contributed by atoms with van der Waals surface area (Å²) in [4.78, 5) is 11.0. The molecular formula is C9H13NO3. The van der Waals surface area contributed by atoms with Crippen LogP contribution in [0.25, 0.3) is 0 Å². The molecule has 2 N–H and O–H groups in total. The molecule has 0 radical (unpaired) electrons. The smallest absolute Gasteiger partial charge is 0.254 e. The molecule has 2 aliphatic rings. The molecule has 0 aromatic carbocycles. The van der Waals surface area contributed by atoms with Crippen LogP contribution in [0, 0.1) is 0 Å². The Morgan fingerprint density at radius 3 is 3.00 bits per heavy atom. The minimum absolute atomic E-state index is 0.187. The number of nitrogens with one attached hydrogen (secondary N) is 1. The summed E-state index contributed by atoms with van der Waals surface area (Å²) in [6, 6.07) is 0. The molecular weight excluding hydrogens is 170 g/mol. The van der Waals surface area contributed by atoms with Crippen LogP contribution in [-0.2, 0) is 9.53 Å². The van der Waals surface area contributed by atoms with Crippen LogP contribution in [0.1, 0.15) is 19.8 Å². The number of amides is 1. The van der Waals surface area contributed by atoms with E-state index in [9.17, 15) is 9.90 Å². The monoisotopic (exact) mass is 183 g/mol. The van der Waals surface area contributed by atoms with Crippen LogP contribution in [0.2, 0.25) is 0 Å². The zero-order valence-electron chi connectivity index (χ0n) is 7.49. The Balaban J connectivity index is 1.94. The van der Waals surface area contributed by atoms with Gasteiger partial charge >= 0.3 is 0 Å². The van der Waals surface area contributed by atoms with Crippen molar-refractivity contribution in [1.29, 1.82) is 0 Å². The highest BCUT2D eigenvalue weighted by molar-refractivity contribution is 5.88. The minimum Gasteiger partial charge on any atom is -0.368 e. The minimum atomic E-state index is -1.12. The van der Waals surface area contributed by atoms with E-state index >= 15 is 0 Å². The quantitative estimate of drug-likeness (QED) is 0.475. The molecule has 1 amide bonds. The highest BCUT2D eigenvalue weighted by Crippen LogP contribution is 2.39. The second kappa shape index (κ2) is 2.82. The molecule has 0 aromatic rings. The van der Waals surface area contributed by atoms with Gasteiger partial charge in [-0.15, -0.1) is 0 Å². The summed E-state index contributed by atoms with van der Waals surface area (Å²) >= 11 is 0. The number of epoxide rings is 1. The molecule has 0 aliphatic carbocycles. The average Bonchev–Trinajstić information content (AvgIpc) is 2.79. The first kappa shape index (κ1) is 8.72. The van der Waals surface area contributed by atoms with E-state index in [1.165, 1.54) is 0 Å². The molecule has 2 aliphatic heterocycles. The highest BCUT2D eigenvalue weighted by atomic mass is 16.6. The number of hydrogen-bond acceptors (Lipinski definition) is 3. The van der Waals surface area contributed by atoms with Crippen molar-refractivity contribution >= 4 is 5.91 Å². The van der Waals surface area contributed by atoms with Gasteiger partial charge in [-0.1, -0.05) is 12.2 Å². The predicted molar refractivity (Wildman–Crippen MR) is 45.8 cm³/mol. The molecule has 4 nitrogen and oxygen atoms in total. The summed E-state index contributed by atoms with van der Waals surface area (Å²) in [5.74, 6) is -0.187. The Hall–Kier alpha value is -0.870. The van der Waals surface area contributed by atoms with Crippen molar-refractivity contribution in [3.63, 3.8) is 0 Å². The highest BCUT2D eigenvalue weighted by Gasteiger charge is 2.64. The number of allylic oxidation sites excluding steroid dienone is 2. The first-order chi connectivity index (χ1) is 6.17. The van der Waals surface area contributed by atoms with E-state index in [4.69, 9.17) is 4.74 Å². The lowest BCUT2D eigenvalue weighted by atomic mass is 10.1. The number of carbonyl (C=O) groups excluding carboxylic acids is 1. The van der Waals surface area contributed by atoms with Gasteiger partial charge in [0.05, 0.1) is 0 Å². The molecule has 2 rings (SSSR count). The van der Waals surface area contributed by atoms with Crippen LogP contribution in [0.4, 0.5) is 0 Å². The van der Waals surface area contributed by atoms with E-state index in [2.05, 4.69) is 5.32 Å². The first-order valence-electron chi connectivity index (χ1n) is 4.48. The second-order valence-corrected chi connectivity index (χ2v) is 3.50. The molecule has 0 aromatic heterocycles. The van der Waals surface area contributed by atoms with Crippen molar-refractivity contribution in [3.8, 4) is 0 Å². The maximum absolute atomic E-state index is 11.0. The van der Waals surface area contributed by atoms with Gasteiger partial charge < -0.3 is 15.2 Å². The predicted octanol–water partition coefficient (Wildman–Crippen LogP) is -0.0715. The van der Waals surface area contributed by atoms with Gasteiger partial charge in [0, 0.05) is 6.42 Å². The third kappa shape index (κ3) is 1.36. The van der Waals surface area contributed by atoms with E-state index < -0.39 is 11.8 Å². The number of carbonyl (C=O) groups is 1. The van der Waals surface area contributed by atoms with Crippen LogP contribution in [0.5, 0.6) is 0 Å². The Bertz CT molecular complexity index is 264. The van der Waals surface area contributed by atoms with Crippen LogP contribution < -0.4 is 5.32 Å². The second-order valence-electron chi connectivity index (χ2n) is 3.50. The molecule has 3 atom stereocenters. The molecule has 3 unspecified atom stereocenters. The van der Waals surface area contributed by atoms with Crippen molar-refractivity contribution in [3.05, 3.63) is 12.2 Å². The van der Waals surface area contributed by atoms with Gasteiger partial charge in [0.15, 0.2) is 11.8 Å². The van der Waals surface area contributed by atoms with Gasteiger partial charge in [0.2, 0.25) is 0 Å². The van der Waals surface area contributed by atoms with Gasteiger partial charge in [-0.2, -0.15) is 0 Å². The van der Waals surface area contributed by atoms with Crippen LogP contribution in [0.15, 0.2) is 12.2 Å². The van der Waals surface area contributed by atoms with Crippen molar-refractivity contribution in [2.75, 3.05) is 0 Å². The van der Waals surface area contributed by atoms with Gasteiger partial charge in [0.1, 0.15) is 6.10 Å². The van der Waals surface area contributed by atoms with Crippen molar-refractivity contribution < 1.29 is 14.6 Å². The zero-order valence-corrected chi connectivity index (χ0v) is 7.49. The van der Waals surface area contributed by atoms with Crippen molar-refractivity contribution in [2.45, 2.75) is 37.7 Å². The molecule has 2 heterocycles. The summed E-state index contributed by atoms with van der Waals surface area (Å²) in [7, 11) is 0. The SMILES string of the molecule is C/C=C/CCC1(O)NC(=O)C2OC21. The van der Waals surface area contributed by atoms with Crippen molar-refractivity contribution in [1.82, 2.24) is 5.32 Å². The molecule has 2 saturated heterocycles. The standard InChI is InChI=1S/C9H13NO3/c1-2-3-4-5-9(12)7-6(13-7)8(11)10-9/h2-3,6-7,12H,4-5H2,1H3,(H,10,11)/b3-2+. The van der Waals surface area contributed by atoms with E-state index in [0.717, 1.165) is 6.42 Å². The molecule has 0 saturated carbocycles. The summed E-state index contributed by atoms with van der Waals surface area (Å²) in [6.07, 6.45) is 4.44. The third-order valence-corrected chi connectivity index (χ3v) is 2.49. The van der Waals surface area contributed by atoms with E-state index in [1.807, 2.05) is 19.1 Å². The maximum Gasteiger partial charge on any atom is 0.254 e. The fraction of sp³-hybridized carbons (Fsp3) is 0.667. The topological polar surface area (TPSA) is 61.9 Å². The Kier molecular flexibility index (Phi) is 1.89. The van der Waals surface area contributed by atoms with Gasteiger partial charge in [-0.25, -0.2) is 0 Å². The van der Waals surface area contributed by atoms with E-state index in [-0.39, 0.29) is 12.0 Å². The van der Waals surface area contributed by atoms with Crippen molar-refractivity contribution in [2.24, 2.45) is 0 Å². The van der Waals surface area contributed by atoms with Gasteiger partial charge in [0.25, 0.3) is 5.91 Å². The zero-order chi connectivity index (χ0) is 9.47. The number of rotatable bonds is 3. The number of morpholine rings is 1. The lowest BCUT2D eigenvalue weighted by Crippen LogP contribution is -2.47. The number of ether oxygens (including phenoxy) is 1. The van der Waals surface area contributed by atoms with Crippen LogP contribution in [0.3, 0.4) is 0 Å². The number of aliphatic hydroxyl groups is 1. The Morgan fingerprint density at radius 2 is 2.54 bits per heavy atom. The third-order valence-electron chi connectivity index (χ3n) is 2.49. The van der Waals surface area contributed by atoms with Gasteiger partial charge in [-0.3, -0.25) is 4.79 Å². The molecule has 2 fully saturated rings. The summed E-state index contributed by atoms with van der Waals surface area (Å²) < 4.78 is 5.03. The molecule has 13 heavy (non-hydrogen) atoms. The van der Waals surface area contributed by atoms with Gasteiger partial charge in [-0.05, 0) is 13.3 Å². The Labute approximate surface area is 76.6 Å². The fourth-order valence-corrected chi connectivity index (χ4v) is 1.71. The largest absolute Gasteiger partial charge is 0.368 e. The fourth-order valence-electron chi connectivity index (χ4n) is 1.71. The molecule has 0 spiro atoms. The first-order valence-corrected chi connectivity index (χ1v) is 4.48. The summed E-state index contributed by atoms with van der Waals surface area (Å²) in [5.41, 5.74) is -1.12. The maximum atomic E-state index is 11.0. The lowest BCUT2D eigenvalue weighted by molar-refractivity contribution is -0.129. The van der Waals surface area contributed by atoms with Crippen LogP contribution >= 0.6 is 0 Å². The molecule has 0 bridgehead atoms. The van der Waals surface area contributed by atoms with Crippen LogP contribution in [-0.4, -0.2) is 28.9 Å². The van der Waals surface area contributed by atoms with E-state index in [0.29, 0.717) is 6.42 Å². The Morgan fingerprint density at radius 1 is 1.77 bits per heavy atom. The number of fused-ring (bicyclic) bond motifs is 1. The molecule has 72 valence electrons. The van der Waals surface area contributed by atoms with E-state index in [1.54, 1.807) is 0 Å².